The highest BCUT2D eigenvalue weighted by Crippen LogP contribution is 2.28. The number of halogens is 3. The molecule has 1 rings (SSSR count). The third-order valence-electron chi connectivity index (χ3n) is 2.59. The molecule has 6 heteroatoms. The predicted octanol–water partition coefficient (Wildman–Crippen LogP) is 2.81. The summed E-state index contributed by atoms with van der Waals surface area (Å²) in [7, 11) is 0. The number of alkyl halides is 3. The maximum absolute atomic E-state index is 12.8. The van der Waals surface area contributed by atoms with Gasteiger partial charge in [0.2, 0.25) is 0 Å². The monoisotopic (exact) mass is 288 g/mol. The number of aromatic nitrogens is 1. The van der Waals surface area contributed by atoms with Gasteiger partial charge in [0.05, 0.1) is 0 Å². The molecule has 20 heavy (non-hydrogen) atoms. The van der Waals surface area contributed by atoms with Gasteiger partial charge in [0.25, 0.3) is 5.56 Å². The zero-order chi connectivity index (χ0) is 15.6. The molecule has 112 valence electrons. The van der Waals surface area contributed by atoms with Crippen molar-refractivity contribution in [1.29, 1.82) is 0 Å². The molecule has 1 aromatic rings. The fourth-order valence-electron chi connectivity index (χ4n) is 1.60. The van der Waals surface area contributed by atoms with Gasteiger partial charge >= 0.3 is 6.18 Å². The van der Waals surface area contributed by atoms with Crippen LogP contribution in [0.5, 0.6) is 0 Å². The largest absolute Gasteiger partial charge is 0.431 e. The van der Waals surface area contributed by atoms with Gasteiger partial charge in [-0.05, 0) is 32.4 Å². The quantitative estimate of drug-likeness (QED) is 0.864. The molecule has 0 aliphatic carbocycles. The molecule has 0 saturated carbocycles. The van der Waals surface area contributed by atoms with Crippen LogP contribution in [0.2, 0.25) is 0 Å². The number of hydrogen-bond acceptors (Lipinski definition) is 2. The highest BCUT2D eigenvalue weighted by Gasteiger charge is 2.34. The standard InChI is InChI=1S/C14H19F3N2O/c1-10(8-18-13(2,3)4)9-19-11(14(15,16)17)6-5-7-12(19)20/h5-7,18H,1,8-9H2,2-4H3. The Morgan fingerprint density at radius 2 is 1.90 bits per heavy atom. The van der Waals surface area contributed by atoms with Crippen molar-refractivity contribution in [1.82, 2.24) is 9.88 Å². The van der Waals surface area contributed by atoms with Crippen molar-refractivity contribution in [2.24, 2.45) is 0 Å². The molecule has 0 aromatic carbocycles. The van der Waals surface area contributed by atoms with Crippen LogP contribution < -0.4 is 10.9 Å². The molecule has 0 saturated heterocycles. The average molecular weight is 288 g/mol. The van der Waals surface area contributed by atoms with E-state index in [-0.39, 0.29) is 12.1 Å². The smallest absolute Gasteiger partial charge is 0.308 e. The molecule has 0 aliphatic rings. The number of hydrogen-bond donors (Lipinski definition) is 1. The molecule has 0 amide bonds. The van der Waals surface area contributed by atoms with E-state index in [2.05, 4.69) is 11.9 Å². The zero-order valence-electron chi connectivity index (χ0n) is 11.8. The van der Waals surface area contributed by atoms with Gasteiger partial charge in [-0.15, -0.1) is 0 Å². The van der Waals surface area contributed by atoms with Gasteiger partial charge in [-0.3, -0.25) is 4.79 Å². The molecule has 0 unspecified atom stereocenters. The molecule has 0 bridgehead atoms. The first-order chi connectivity index (χ1) is 9.00. The lowest BCUT2D eigenvalue weighted by Gasteiger charge is -2.22. The van der Waals surface area contributed by atoms with Crippen LogP contribution in [-0.2, 0) is 12.7 Å². The molecule has 0 atom stereocenters. The Morgan fingerprint density at radius 1 is 1.30 bits per heavy atom. The fraction of sp³-hybridized carbons (Fsp3) is 0.500. The lowest BCUT2D eigenvalue weighted by Crippen LogP contribution is -2.38. The average Bonchev–Trinajstić information content (AvgIpc) is 2.27. The minimum absolute atomic E-state index is 0.155. The van der Waals surface area contributed by atoms with Crippen LogP contribution in [0.4, 0.5) is 13.2 Å². The third-order valence-corrected chi connectivity index (χ3v) is 2.59. The van der Waals surface area contributed by atoms with Gasteiger partial charge in [-0.25, -0.2) is 0 Å². The molecule has 0 aliphatic heterocycles. The van der Waals surface area contributed by atoms with Gasteiger partial charge in [0.15, 0.2) is 0 Å². The maximum atomic E-state index is 12.8. The minimum atomic E-state index is -4.56. The Bertz CT molecular complexity index is 539. The Kier molecular flexibility index (Phi) is 4.81. The summed E-state index contributed by atoms with van der Waals surface area (Å²) in [5, 5.41) is 3.12. The summed E-state index contributed by atoms with van der Waals surface area (Å²) in [6.45, 7) is 9.74. The molecular weight excluding hydrogens is 269 g/mol. The van der Waals surface area contributed by atoms with Crippen molar-refractivity contribution < 1.29 is 13.2 Å². The van der Waals surface area contributed by atoms with Crippen molar-refractivity contribution in [2.75, 3.05) is 6.54 Å². The van der Waals surface area contributed by atoms with Gasteiger partial charge in [0, 0.05) is 24.7 Å². The van der Waals surface area contributed by atoms with Crippen molar-refractivity contribution in [3.8, 4) is 0 Å². The minimum Gasteiger partial charge on any atom is -0.308 e. The second kappa shape index (κ2) is 5.83. The van der Waals surface area contributed by atoms with Crippen molar-refractivity contribution in [3.05, 3.63) is 46.4 Å². The summed E-state index contributed by atoms with van der Waals surface area (Å²) in [4.78, 5) is 11.6. The lowest BCUT2D eigenvalue weighted by atomic mass is 10.1. The molecule has 1 N–H and O–H groups in total. The van der Waals surface area contributed by atoms with Crippen LogP contribution in [0.15, 0.2) is 35.1 Å². The van der Waals surface area contributed by atoms with Crippen LogP contribution in [0.1, 0.15) is 26.5 Å². The SMILES string of the molecule is C=C(CNC(C)(C)C)Cn1c(C(F)(F)F)cccc1=O. The van der Waals surface area contributed by atoms with Gasteiger partial charge in [0.1, 0.15) is 5.69 Å². The van der Waals surface area contributed by atoms with E-state index in [1.165, 1.54) is 0 Å². The van der Waals surface area contributed by atoms with Crippen LogP contribution in [0, 0.1) is 0 Å². The van der Waals surface area contributed by atoms with E-state index >= 15 is 0 Å². The summed E-state index contributed by atoms with van der Waals surface area (Å²) in [6, 6.07) is 3.11. The number of nitrogens with zero attached hydrogens (tertiary/aromatic N) is 1. The van der Waals surface area contributed by atoms with E-state index in [9.17, 15) is 18.0 Å². The highest BCUT2D eigenvalue weighted by molar-refractivity contribution is 5.13. The Hall–Kier alpha value is -1.56. The van der Waals surface area contributed by atoms with Crippen molar-refractivity contribution >= 4 is 0 Å². The van der Waals surface area contributed by atoms with E-state index < -0.39 is 17.4 Å². The molecule has 0 radical (unpaired) electrons. The summed E-state index contributed by atoms with van der Waals surface area (Å²) >= 11 is 0. The number of nitrogens with one attached hydrogen (secondary N) is 1. The van der Waals surface area contributed by atoms with Gasteiger partial charge in [-0.1, -0.05) is 12.6 Å². The zero-order valence-corrected chi connectivity index (χ0v) is 11.8. The van der Waals surface area contributed by atoms with E-state index in [0.29, 0.717) is 16.7 Å². The summed E-state index contributed by atoms with van der Waals surface area (Å²) in [5.41, 5.74) is -1.30. The van der Waals surface area contributed by atoms with E-state index in [4.69, 9.17) is 0 Å². The number of rotatable bonds is 4. The first-order valence-corrected chi connectivity index (χ1v) is 6.19. The molecule has 0 spiro atoms. The normalized spacial score (nSPS) is 12.5. The van der Waals surface area contributed by atoms with Crippen LogP contribution in [0.25, 0.3) is 0 Å². The van der Waals surface area contributed by atoms with Gasteiger partial charge in [-0.2, -0.15) is 13.2 Å². The molecule has 0 fully saturated rings. The Labute approximate surface area is 116 Å². The Balaban J connectivity index is 2.93. The lowest BCUT2D eigenvalue weighted by molar-refractivity contribution is -0.144. The summed E-state index contributed by atoms with van der Waals surface area (Å²) < 4.78 is 39.2. The molecule has 1 heterocycles. The predicted molar refractivity (Wildman–Crippen MR) is 72.6 cm³/mol. The van der Waals surface area contributed by atoms with E-state index in [1.807, 2.05) is 20.8 Å². The first kappa shape index (κ1) is 16.5. The first-order valence-electron chi connectivity index (χ1n) is 6.19. The van der Waals surface area contributed by atoms with Gasteiger partial charge < -0.3 is 9.88 Å². The van der Waals surface area contributed by atoms with Crippen LogP contribution in [0.3, 0.4) is 0 Å². The summed E-state index contributed by atoms with van der Waals surface area (Å²) in [5.74, 6) is 0. The molecule has 1 aromatic heterocycles. The molecular formula is C14H19F3N2O. The van der Waals surface area contributed by atoms with E-state index in [0.717, 1.165) is 18.2 Å². The van der Waals surface area contributed by atoms with Crippen molar-refractivity contribution in [3.63, 3.8) is 0 Å². The molecule has 3 nitrogen and oxygen atoms in total. The topological polar surface area (TPSA) is 34.0 Å². The second-order valence-corrected chi connectivity index (χ2v) is 5.69. The van der Waals surface area contributed by atoms with Crippen molar-refractivity contribution in [2.45, 2.75) is 39.0 Å². The Morgan fingerprint density at radius 3 is 2.40 bits per heavy atom. The maximum Gasteiger partial charge on any atom is 0.431 e. The highest BCUT2D eigenvalue weighted by atomic mass is 19.4. The summed E-state index contributed by atoms with van der Waals surface area (Å²) in [6.07, 6.45) is -4.56. The number of pyridine rings is 1. The van der Waals surface area contributed by atoms with Crippen LogP contribution >= 0.6 is 0 Å². The second-order valence-electron chi connectivity index (χ2n) is 5.69. The van der Waals surface area contributed by atoms with E-state index in [1.54, 1.807) is 0 Å². The van der Waals surface area contributed by atoms with Crippen LogP contribution in [-0.4, -0.2) is 16.7 Å². The third kappa shape index (κ3) is 4.85. The fourth-order valence-corrected chi connectivity index (χ4v) is 1.60.